The number of aryl methyl sites for hydroxylation is 2. The molecule has 0 spiro atoms. The van der Waals surface area contributed by atoms with Crippen LogP contribution in [0.2, 0.25) is 0 Å². The molecule has 0 aliphatic carbocycles. The van der Waals surface area contributed by atoms with Gasteiger partial charge in [-0.1, -0.05) is 24.3 Å². The standard InChI is InChI=1S/C22H21N7O3/c1-14-21(15(2)25-13-24-14)17-6-4-16(5-7-17)11-29-12-20(32-28-29)27-22(30)26-18-8-9-23-19(10-18)31-3/h4-10,12-13H,11H2,1-3H3,(H-,23,26,27,28,30)/p+1. The first-order chi connectivity index (χ1) is 15.5. The van der Waals surface area contributed by atoms with Crippen LogP contribution in [0, 0.1) is 13.8 Å². The molecule has 3 heterocycles. The number of aromatic nitrogens is 5. The van der Waals surface area contributed by atoms with Gasteiger partial charge in [0.2, 0.25) is 17.7 Å². The van der Waals surface area contributed by atoms with Crippen molar-refractivity contribution in [3.63, 3.8) is 0 Å². The van der Waals surface area contributed by atoms with Gasteiger partial charge in [0.15, 0.2) is 0 Å². The van der Waals surface area contributed by atoms with E-state index in [0.717, 1.165) is 28.1 Å². The van der Waals surface area contributed by atoms with Crippen molar-refractivity contribution >= 4 is 17.6 Å². The van der Waals surface area contributed by atoms with Gasteiger partial charge >= 0.3 is 11.9 Å². The van der Waals surface area contributed by atoms with E-state index in [1.807, 2.05) is 38.1 Å². The number of benzene rings is 1. The lowest BCUT2D eigenvalue weighted by Crippen LogP contribution is -2.35. The third-order valence-corrected chi connectivity index (χ3v) is 4.76. The Morgan fingerprint density at radius 1 is 1.06 bits per heavy atom. The molecule has 0 saturated heterocycles. The van der Waals surface area contributed by atoms with Crippen molar-refractivity contribution in [2.45, 2.75) is 20.4 Å². The molecule has 2 N–H and O–H groups in total. The number of amides is 2. The van der Waals surface area contributed by atoms with E-state index in [9.17, 15) is 4.79 Å². The maximum Gasteiger partial charge on any atom is 0.326 e. The van der Waals surface area contributed by atoms with Gasteiger partial charge in [0.05, 0.1) is 7.11 Å². The summed E-state index contributed by atoms with van der Waals surface area (Å²) in [6.07, 6.45) is 4.72. The number of pyridine rings is 1. The van der Waals surface area contributed by atoms with E-state index in [4.69, 9.17) is 9.26 Å². The second-order valence-electron chi connectivity index (χ2n) is 7.05. The first-order valence-electron chi connectivity index (χ1n) is 9.84. The van der Waals surface area contributed by atoms with E-state index in [2.05, 4.69) is 30.9 Å². The van der Waals surface area contributed by atoms with Gasteiger partial charge in [0, 0.05) is 40.5 Å². The van der Waals surface area contributed by atoms with Crippen molar-refractivity contribution in [1.82, 2.24) is 20.2 Å². The van der Waals surface area contributed by atoms with Crippen LogP contribution < -0.4 is 20.1 Å². The topological polar surface area (TPSA) is 119 Å². The molecule has 4 aromatic rings. The highest BCUT2D eigenvalue weighted by atomic mass is 16.5. The van der Waals surface area contributed by atoms with Crippen LogP contribution in [-0.2, 0) is 6.54 Å². The number of carbonyl (C=O) groups is 1. The van der Waals surface area contributed by atoms with Gasteiger partial charge in [-0.15, -0.1) is 0 Å². The van der Waals surface area contributed by atoms with Gasteiger partial charge in [-0.25, -0.2) is 19.7 Å². The highest BCUT2D eigenvalue weighted by molar-refractivity contribution is 5.98. The van der Waals surface area contributed by atoms with Crippen LogP contribution in [0.3, 0.4) is 0 Å². The van der Waals surface area contributed by atoms with Gasteiger partial charge < -0.3 is 10.1 Å². The summed E-state index contributed by atoms with van der Waals surface area (Å²) in [4.78, 5) is 24.7. The average molecular weight is 432 g/mol. The van der Waals surface area contributed by atoms with Crippen LogP contribution in [0.5, 0.6) is 5.88 Å². The number of methoxy groups -OCH3 is 1. The first kappa shape index (κ1) is 20.9. The molecule has 0 aliphatic rings. The summed E-state index contributed by atoms with van der Waals surface area (Å²) >= 11 is 0. The maximum atomic E-state index is 12.2. The van der Waals surface area contributed by atoms with Crippen LogP contribution in [0.1, 0.15) is 17.0 Å². The molecule has 0 saturated carbocycles. The van der Waals surface area contributed by atoms with Crippen LogP contribution in [0.25, 0.3) is 11.1 Å². The number of urea groups is 1. The summed E-state index contributed by atoms with van der Waals surface area (Å²) in [5.74, 6) is 0.615. The molecule has 32 heavy (non-hydrogen) atoms. The smallest absolute Gasteiger partial charge is 0.326 e. The SMILES string of the molecule is COc1cc(NC(=O)Nc2c[n+](Cc3ccc(-c4c(C)ncnc4C)cc3)no2)ccn1. The molecule has 4 rings (SSSR count). The van der Waals surface area contributed by atoms with Crippen LogP contribution >= 0.6 is 0 Å². The van der Waals surface area contributed by atoms with Gasteiger partial charge in [0.25, 0.3) is 6.20 Å². The second-order valence-corrected chi connectivity index (χ2v) is 7.05. The lowest BCUT2D eigenvalue weighted by molar-refractivity contribution is -0.754. The van der Waals surface area contributed by atoms with Crippen molar-refractivity contribution < 1.29 is 18.7 Å². The fraction of sp³-hybridized carbons (Fsp3) is 0.182. The summed E-state index contributed by atoms with van der Waals surface area (Å²) in [7, 11) is 1.51. The third kappa shape index (κ3) is 4.86. The molecule has 10 heteroatoms. The molecule has 162 valence electrons. The number of hydrogen-bond acceptors (Lipinski definition) is 7. The predicted molar refractivity (Wildman–Crippen MR) is 116 cm³/mol. The Morgan fingerprint density at radius 3 is 2.53 bits per heavy atom. The number of nitrogens with zero attached hydrogens (tertiary/aromatic N) is 5. The highest BCUT2D eigenvalue weighted by Gasteiger charge is 2.15. The molecule has 0 radical (unpaired) electrons. The van der Waals surface area contributed by atoms with E-state index in [-0.39, 0.29) is 5.88 Å². The lowest BCUT2D eigenvalue weighted by Gasteiger charge is -2.08. The number of carbonyl (C=O) groups excluding carboxylic acids is 1. The molecule has 0 aliphatic heterocycles. The van der Waals surface area contributed by atoms with Crippen molar-refractivity contribution in [2.75, 3.05) is 17.7 Å². The predicted octanol–water partition coefficient (Wildman–Crippen LogP) is 3.13. The van der Waals surface area contributed by atoms with Crippen molar-refractivity contribution in [3.05, 3.63) is 72.1 Å². The zero-order chi connectivity index (χ0) is 22.5. The molecular weight excluding hydrogens is 410 g/mol. The number of hydrogen-bond donors (Lipinski definition) is 2. The Balaban J connectivity index is 1.38. The summed E-state index contributed by atoms with van der Waals surface area (Å²) in [6, 6.07) is 10.9. The molecule has 0 atom stereocenters. The molecular formula is C22H22N7O3+. The monoisotopic (exact) mass is 432 g/mol. The Bertz CT molecular complexity index is 1220. The molecule has 10 nitrogen and oxygen atoms in total. The minimum absolute atomic E-state index is 0.216. The zero-order valence-electron chi connectivity index (χ0n) is 17.9. The van der Waals surface area contributed by atoms with E-state index < -0.39 is 6.03 Å². The summed E-state index contributed by atoms with van der Waals surface area (Å²) in [6.45, 7) is 4.43. The van der Waals surface area contributed by atoms with E-state index in [1.54, 1.807) is 29.3 Å². The van der Waals surface area contributed by atoms with Crippen LogP contribution in [0.4, 0.5) is 16.4 Å². The Labute approximate surface area is 184 Å². The summed E-state index contributed by atoms with van der Waals surface area (Å²) < 4.78 is 11.8. The number of ether oxygens (including phenoxy) is 1. The van der Waals surface area contributed by atoms with Gasteiger partial charge in [-0.3, -0.25) is 9.84 Å². The normalized spacial score (nSPS) is 10.6. The van der Waals surface area contributed by atoms with E-state index in [1.165, 1.54) is 13.3 Å². The zero-order valence-corrected chi connectivity index (χ0v) is 17.9. The van der Waals surface area contributed by atoms with E-state index in [0.29, 0.717) is 18.1 Å². The minimum atomic E-state index is -0.471. The molecule has 0 unspecified atom stereocenters. The van der Waals surface area contributed by atoms with Crippen molar-refractivity contribution in [1.29, 1.82) is 0 Å². The molecule has 1 aromatic carbocycles. The first-order valence-corrected chi connectivity index (χ1v) is 9.84. The van der Waals surface area contributed by atoms with Crippen molar-refractivity contribution in [3.8, 4) is 17.0 Å². The highest BCUT2D eigenvalue weighted by Crippen LogP contribution is 2.24. The van der Waals surface area contributed by atoms with Crippen molar-refractivity contribution in [2.24, 2.45) is 0 Å². The summed E-state index contributed by atoms with van der Waals surface area (Å²) in [5.41, 5.74) is 5.54. The number of nitrogens with one attached hydrogen (secondary N) is 2. The van der Waals surface area contributed by atoms with Crippen LogP contribution in [-0.4, -0.2) is 33.4 Å². The Hall–Kier alpha value is -4.34. The van der Waals surface area contributed by atoms with Gasteiger partial charge in [0.1, 0.15) is 6.33 Å². The second kappa shape index (κ2) is 9.21. The average Bonchev–Trinajstić information content (AvgIpc) is 3.21. The number of anilines is 2. The maximum absolute atomic E-state index is 12.2. The summed E-state index contributed by atoms with van der Waals surface area (Å²) in [5, 5.41) is 9.24. The molecule has 2 amide bonds. The minimum Gasteiger partial charge on any atom is -0.481 e. The van der Waals surface area contributed by atoms with Crippen LogP contribution in [0.15, 0.2) is 59.6 Å². The molecule has 3 aromatic heterocycles. The number of rotatable bonds is 6. The fourth-order valence-corrected chi connectivity index (χ4v) is 3.26. The van der Waals surface area contributed by atoms with Gasteiger partial charge in [-0.05, 0) is 30.2 Å². The largest absolute Gasteiger partial charge is 0.481 e. The quantitative estimate of drug-likeness (QED) is 0.449. The third-order valence-electron chi connectivity index (χ3n) is 4.76. The Morgan fingerprint density at radius 2 is 1.81 bits per heavy atom. The Kier molecular flexibility index (Phi) is 6.02. The van der Waals surface area contributed by atoms with Gasteiger partial charge in [-0.2, -0.15) is 0 Å². The van der Waals surface area contributed by atoms with E-state index >= 15 is 0 Å². The lowest BCUT2D eigenvalue weighted by atomic mass is 10.0. The molecule has 0 bridgehead atoms. The fourth-order valence-electron chi connectivity index (χ4n) is 3.26. The molecule has 0 fully saturated rings.